The molecule has 148 valence electrons. The van der Waals surface area contributed by atoms with Gasteiger partial charge in [-0.2, -0.15) is 14.9 Å². The number of anilines is 1. The molecule has 4 rings (SSSR count). The molecule has 4 aromatic rings. The van der Waals surface area contributed by atoms with Gasteiger partial charge in [0.25, 0.3) is 0 Å². The van der Waals surface area contributed by atoms with E-state index in [-0.39, 0.29) is 6.61 Å². The number of hydrogen-bond acceptors (Lipinski definition) is 6. The van der Waals surface area contributed by atoms with Crippen molar-refractivity contribution < 1.29 is 9.53 Å². The molecule has 0 aliphatic heterocycles. The minimum absolute atomic E-state index is 0.277. The number of carbonyl (C=O) groups excluding carboxylic acids is 1. The van der Waals surface area contributed by atoms with Crippen LogP contribution < -0.4 is 5.32 Å². The van der Waals surface area contributed by atoms with Crippen LogP contribution in [0, 0.1) is 20.8 Å². The van der Waals surface area contributed by atoms with E-state index in [4.69, 9.17) is 4.74 Å². The average Bonchev–Trinajstić information content (AvgIpc) is 3.27. The normalized spacial score (nSPS) is 11.0. The zero-order chi connectivity index (χ0) is 20.5. The van der Waals surface area contributed by atoms with Crippen molar-refractivity contribution in [1.29, 1.82) is 0 Å². The number of aromatic nitrogens is 6. The second-order valence-electron chi connectivity index (χ2n) is 6.64. The predicted molar refractivity (Wildman–Crippen MR) is 109 cm³/mol. The van der Waals surface area contributed by atoms with Gasteiger partial charge >= 0.3 is 6.09 Å². The molecular formula is C20H21N7O2. The highest BCUT2D eigenvalue weighted by atomic mass is 16.5. The summed E-state index contributed by atoms with van der Waals surface area (Å²) >= 11 is 0. The number of benzene rings is 1. The Labute approximate surface area is 167 Å². The van der Waals surface area contributed by atoms with Crippen molar-refractivity contribution in [1.82, 2.24) is 29.5 Å². The number of nitrogens with zero attached hydrogens (tertiary/aromatic N) is 6. The smallest absolute Gasteiger partial charge is 0.412 e. The van der Waals surface area contributed by atoms with E-state index < -0.39 is 6.09 Å². The van der Waals surface area contributed by atoms with E-state index in [1.807, 2.05) is 19.1 Å². The molecule has 0 saturated heterocycles. The van der Waals surface area contributed by atoms with Crippen LogP contribution in [-0.2, 0) is 4.74 Å². The SMILES string of the molecule is CCOC(=O)Nc1cc(C)nn1-c1ncnc2c1cnn2-c1cccc(C)c1C. The fraction of sp³-hybridized carbons (Fsp3) is 0.250. The van der Waals surface area contributed by atoms with Crippen molar-refractivity contribution in [3.8, 4) is 11.5 Å². The summed E-state index contributed by atoms with van der Waals surface area (Å²) < 4.78 is 8.33. The van der Waals surface area contributed by atoms with E-state index >= 15 is 0 Å². The molecule has 0 atom stereocenters. The second-order valence-corrected chi connectivity index (χ2v) is 6.64. The van der Waals surface area contributed by atoms with Crippen LogP contribution in [0.1, 0.15) is 23.7 Å². The van der Waals surface area contributed by atoms with Crippen molar-refractivity contribution in [2.75, 3.05) is 11.9 Å². The van der Waals surface area contributed by atoms with E-state index in [1.54, 1.807) is 28.6 Å². The van der Waals surface area contributed by atoms with Gasteiger partial charge in [0, 0.05) is 6.07 Å². The van der Waals surface area contributed by atoms with Crippen LogP contribution in [-0.4, -0.2) is 42.2 Å². The van der Waals surface area contributed by atoms with Gasteiger partial charge in [0.15, 0.2) is 11.5 Å². The number of ether oxygens (including phenoxy) is 1. The Balaban J connectivity index is 1.85. The maximum atomic E-state index is 11.9. The summed E-state index contributed by atoms with van der Waals surface area (Å²) in [6, 6.07) is 7.80. The molecule has 1 amide bonds. The summed E-state index contributed by atoms with van der Waals surface area (Å²) in [6.07, 6.45) is 2.62. The lowest BCUT2D eigenvalue weighted by molar-refractivity contribution is 0.167. The lowest BCUT2D eigenvalue weighted by Gasteiger charge is -2.10. The van der Waals surface area contributed by atoms with Gasteiger partial charge in [-0.05, 0) is 44.9 Å². The quantitative estimate of drug-likeness (QED) is 0.572. The van der Waals surface area contributed by atoms with Crippen LogP contribution in [0.3, 0.4) is 0 Å². The molecule has 29 heavy (non-hydrogen) atoms. The van der Waals surface area contributed by atoms with Crippen molar-refractivity contribution in [2.45, 2.75) is 27.7 Å². The van der Waals surface area contributed by atoms with Gasteiger partial charge < -0.3 is 4.74 Å². The van der Waals surface area contributed by atoms with Crippen molar-refractivity contribution >= 4 is 22.9 Å². The van der Waals surface area contributed by atoms with Gasteiger partial charge in [0.1, 0.15) is 12.1 Å². The van der Waals surface area contributed by atoms with Crippen LogP contribution in [0.4, 0.5) is 10.6 Å². The first-order valence-corrected chi connectivity index (χ1v) is 9.25. The van der Waals surface area contributed by atoms with Gasteiger partial charge in [-0.25, -0.2) is 19.4 Å². The summed E-state index contributed by atoms with van der Waals surface area (Å²) in [7, 11) is 0. The molecule has 0 saturated carbocycles. The van der Waals surface area contributed by atoms with Crippen LogP contribution in [0.5, 0.6) is 0 Å². The van der Waals surface area contributed by atoms with Crippen molar-refractivity contribution in [3.63, 3.8) is 0 Å². The van der Waals surface area contributed by atoms with Gasteiger partial charge in [0.2, 0.25) is 0 Å². The van der Waals surface area contributed by atoms with Crippen molar-refractivity contribution in [2.24, 2.45) is 0 Å². The predicted octanol–water partition coefficient (Wildman–Crippen LogP) is 3.49. The highest BCUT2D eigenvalue weighted by Gasteiger charge is 2.18. The average molecular weight is 391 g/mol. The molecule has 0 unspecified atom stereocenters. The van der Waals surface area contributed by atoms with Crippen LogP contribution >= 0.6 is 0 Å². The summed E-state index contributed by atoms with van der Waals surface area (Å²) in [4.78, 5) is 20.7. The van der Waals surface area contributed by atoms with Gasteiger partial charge in [-0.15, -0.1) is 0 Å². The zero-order valence-electron chi connectivity index (χ0n) is 16.7. The Bertz CT molecular complexity index is 1210. The first kappa shape index (κ1) is 18.6. The molecule has 1 aromatic carbocycles. The zero-order valence-corrected chi connectivity index (χ0v) is 16.7. The standard InChI is InChI=1S/C20H21N7O2/c1-5-29-20(28)24-17-9-13(3)25-27(17)19-15-10-23-26(18(15)21-11-22-19)16-8-6-7-12(2)14(16)4/h6-11H,5H2,1-4H3,(H,24,28). The fourth-order valence-electron chi connectivity index (χ4n) is 3.16. The monoisotopic (exact) mass is 391 g/mol. The molecule has 0 aliphatic carbocycles. The summed E-state index contributed by atoms with van der Waals surface area (Å²) in [5.41, 5.74) is 4.62. The molecule has 0 fully saturated rings. The third kappa shape index (κ3) is 3.31. The van der Waals surface area contributed by atoms with Gasteiger partial charge in [-0.3, -0.25) is 5.32 Å². The Morgan fingerprint density at radius 2 is 2.00 bits per heavy atom. The molecule has 9 heteroatoms. The summed E-state index contributed by atoms with van der Waals surface area (Å²) in [5.74, 6) is 0.979. The number of carbonyl (C=O) groups is 1. The number of rotatable bonds is 4. The summed E-state index contributed by atoms with van der Waals surface area (Å²) in [5, 5.41) is 12.4. The number of amides is 1. The van der Waals surface area contributed by atoms with Crippen LogP contribution in [0.25, 0.3) is 22.5 Å². The topological polar surface area (TPSA) is 99.8 Å². The van der Waals surface area contributed by atoms with Gasteiger partial charge in [0.05, 0.1) is 29.6 Å². The fourth-order valence-corrected chi connectivity index (χ4v) is 3.16. The van der Waals surface area contributed by atoms with E-state index in [0.29, 0.717) is 22.7 Å². The molecule has 0 bridgehead atoms. The largest absolute Gasteiger partial charge is 0.450 e. The number of nitrogens with one attached hydrogen (secondary N) is 1. The first-order valence-electron chi connectivity index (χ1n) is 9.25. The Morgan fingerprint density at radius 1 is 1.17 bits per heavy atom. The summed E-state index contributed by atoms with van der Waals surface area (Å²) in [6.45, 7) is 7.98. The molecule has 1 N–H and O–H groups in total. The van der Waals surface area contributed by atoms with Crippen LogP contribution in [0.15, 0.2) is 36.8 Å². The lowest BCUT2D eigenvalue weighted by atomic mass is 10.1. The molecule has 0 spiro atoms. The third-order valence-electron chi connectivity index (χ3n) is 4.69. The minimum atomic E-state index is -0.551. The van der Waals surface area contributed by atoms with E-state index in [2.05, 4.69) is 45.4 Å². The van der Waals surface area contributed by atoms with Gasteiger partial charge in [-0.1, -0.05) is 12.1 Å². The minimum Gasteiger partial charge on any atom is -0.450 e. The van der Waals surface area contributed by atoms with E-state index in [9.17, 15) is 4.79 Å². The molecule has 9 nitrogen and oxygen atoms in total. The third-order valence-corrected chi connectivity index (χ3v) is 4.69. The highest BCUT2D eigenvalue weighted by Crippen LogP contribution is 2.26. The maximum Gasteiger partial charge on any atom is 0.412 e. The Morgan fingerprint density at radius 3 is 2.79 bits per heavy atom. The van der Waals surface area contributed by atoms with Crippen molar-refractivity contribution in [3.05, 3.63) is 53.6 Å². The second kappa shape index (κ2) is 7.34. The maximum absolute atomic E-state index is 11.9. The lowest BCUT2D eigenvalue weighted by Crippen LogP contribution is -2.16. The van der Waals surface area contributed by atoms with E-state index in [0.717, 1.165) is 16.9 Å². The number of aryl methyl sites for hydroxylation is 2. The van der Waals surface area contributed by atoms with Crippen LogP contribution in [0.2, 0.25) is 0 Å². The molecule has 0 radical (unpaired) electrons. The Hall–Kier alpha value is -3.75. The number of fused-ring (bicyclic) bond motifs is 1. The number of hydrogen-bond donors (Lipinski definition) is 1. The highest BCUT2D eigenvalue weighted by molar-refractivity contribution is 5.87. The van der Waals surface area contributed by atoms with E-state index in [1.165, 1.54) is 11.9 Å². The Kier molecular flexibility index (Phi) is 4.71. The molecule has 3 aromatic heterocycles. The molecule has 3 heterocycles. The first-order chi connectivity index (χ1) is 14.0. The molecule has 0 aliphatic rings. The molecular weight excluding hydrogens is 370 g/mol.